The molecule has 0 aromatic heterocycles. The molecule has 1 saturated heterocycles. The summed E-state index contributed by atoms with van der Waals surface area (Å²) in [6.45, 7) is 10.2. The molecule has 3 aromatic carbocycles. The van der Waals surface area contributed by atoms with Gasteiger partial charge < -0.3 is 17.7 Å². The molecule has 8 heteroatoms. The fraction of sp³-hybridized carbons (Fsp3) is 0.345. The number of piperidine rings is 1. The normalized spacial score (nSPS) is 14.6. The van der Waals surface area contributed by atoms with Crippen LogP contribution in [0, 0.1) is 27.7 Å². The SMILES string of the molecule is Cc1cc(C)c(C)c(S(=O)(=O)Nc2ccccc2C(=O)NC2CCN(Cc3ccccc3)CC2)c1C.[Cl-]. The van der Waals surface area contributed by atoms with Gasteiger partial charge in [0.25, 0.3) is 15.9 Å². The molecule has 4 rings (SSSR count). The highest BCUT2D eigenvalue weighted by Gasteiger charge is 2.26. The van der Waals surface area contributed by atoms with Crippen LogP contribution >= 0.6 is 0 Å². The van der Waals surface area contributed by atoms with Gasteiger partial charge in [-0.15, -0.1) is 0 Å². The van der Waals surface area contributed by atoms with Crippen LogP contribution in [-0.4, -0.2) is 38.4 Å². The van der Waals surface area contributed by atoms with Gasteiger partial charge >= 0.3 is 0 Å². The summed E-state index contributed by atoms with van der Waals surface area (Å²) >= 11 is 0. The van der Waals surface area contributed by atoms with E-state index in [1.54, 1.807) is 24.3 Å². The van der Waals surface area contributed by atoms with E-state index in [4.69, 9.17) is 0 Å². The molecule has 0 unspecified atom stereocenters. The topological polar surface area (TPSA) is 78.5 Å². The molecule has 1 fully saturated rings. The number of amides is 1. The number of hydrogen-bond acceptors (Lipinski definition) is 4. The third kappa shape index (κ3) is 6.72. The van der Waals surface area contributed by atoms with Gasteiger partial charge in [0, 0.05) is 25.7 Å². The Morgan fingerprint density at radius 2 is 1.46 bits per heavy atom. The zero-order valence-electron chi connectivity index (χ0n) is 21.8. The summed E-state index contributed by atoms with van der Waals surface area (Å²) in [7, 11) is -3.88. The number of halogens is 1. The van der Waals surface area contributed by atoms with Crippen LogP contribution in [0.3, 0.4) is 0 Å². The van der Waals surface area contributed by atoms with Crippen molar-refractivity contribution in [2.75, 3.05) is 17.8 Å². The van der Waals surface area contributed by atoms with Crippen LogP contribution in [-0.2, 0) is 16.6 Å². The Bertz CT molecular complexity index is 1330. The number of carbonyl (C=O) groups is 1. The second-order valence-corrected chi connectivity index (χ2v) is 11.4. The lowest BCUT2D eigenvalue weighted by atomic mass is 10.0. The van der Waals surface area contributed by atoms with E-state index < -0.39 is 10.0 Å². The maximum absolute atomic E-state index is 13.5. The van der Waals surface area contributed by atoms with Crippen molar-refractivity contribution >= 4 is 21.6 Å². The number of para-hydroxylation sites is 1. The van der Waals surface area contributed by atoms with Crippen LogP contribution in [0.1, 0.15) is 51.0 Å². The van der Waals surface area contributed by atoms with Crippen molar-refractivity contribution in [3.05, 3.63) is 94.0 Å². The number of anilines is 1. The van der Waals surface area contributed by atoms with Gasteiger partial charge in [-0.3, -0.25) is 14.4 Å². The quantitative estimate of drug-likeness (QED) is 0.481. The minimum Gasteiger partial charge on any atom is -1.00 e. The van der Waals surface area contributed by atoms with E-state index in [0.29, 0.717) is 5.56 Å². The highest BCUT2D eigenvalue weighted by Crippen LogP contribution is 2.29. The summed E-state index contributed by atoms with van der Waals surface area (Å²) in [5.74, 6) is -0.260. The lowest BCUT2D eigenvalue weighted by molar-refractivity contribution is -0.0000190. The Kier molecular flexibility index (Phi) is 9.40. The van der Waals surface area contributed by atoms with Gasteiger partial charge in [0.05, 0.1) is 16.1 Å². The predicted molar refractivity (Wildman–Crippen MR) is 145 cm³/mol. The van der Waals surface area contributed by atoms with Crippen molar-refractivity contribution in [3.8, 4) is 0 Å². The van der Waals surface area contributed by atoms with E-state index >= 15 is 0 Å². The molecular weight excluding hydrogens is 506 g/mol. The van der Waals surface area contributed by atoms with Crippen molar-refractivity contribution in [1.29, 1.82) is 0 Å². The maximum atomic E-state index is 13.5. The molecule has 198 valence electrons. The first-order valence-electron chi connectivity index (χ1n) is 12.4. The third-order valence-electron chi connectivity index (χ3n) is 7.15. The molecule has 0 saturated carbocycles. The molecule has 0 aliphatic carbocycles. The number of sulfonamides is 1. The zero-order chi connectivity index (χ0) is 25.9. The van der Waals surface area contributed by atoms with Crippen molar-refractivity contribution in [3.63, 3.8) is 0 Å². The van der Waals surface area contributed by atoms with Crippen LogP contribution in [0.25, 0.3) is 0 Å². The summed E-state index contributed by atoms with van der Waals surface area (Å²) in [5, 5.41) is 3.13. The van der Waals surface area contributed by atoms with E-state index in [1.165, 1.54) is 5.56 Å². The second kappa shape index (κ2) is 12.1. The van der Waals surface area contributed by atoms with Crippen molar-refractivity contribution in [2.45, 2.75) is 58.0 Å². The lowest BCUT2D eigenvalue weighted by Crippen LogP contribution is -3.00. The molecule has 0 radical (unpaired) electrons. The average molecular weight is 541 g/mol. The molecule has 1 aliphatic rings. The van der Waals surface area contributed by atoms with Gasteiger partial charge in [-0.05, 0) is 80.5 Å². The Hall–Kier alpha value is -2.87. The largest absolute Gasteiger partial charge is 1.00 e. The van der Waals surface area contributed by atoms with Gasteiger partial charge in [-0.1, -0.05) is 48.5 Å². The Morgan fingerprint density at radius 3 is 2.08 bits per heavy atom. The van der Waals surface area contributed by atoms with Gasteiger partial charge in [0.2, 0.25) is 0 Å². The van der Waals surface area contributed by atoms with Crippen LogP contribution in [0.2, 0.25) is 0 Å². The van der Waals surface area contributed by atoms with Crippen molar-refractivity contribution < 1.29 is 25.6 Å². The number of carbonyl (C=O) groups excluding carboxylic acids is 1. The summed E-state index contributed by atoms with van der Waals surface area (Å²) in [5.41, 5.74) is 5.17. The number of benzene rings is 3. The number of nitrogens with one attached hydrogen (secondary N) is 2. The average Bonchev–Trinajstić information content (AvgIpc) is 2.85. The molecular formula is C29H35ClN3O3S-. The van der Waals surface area contributed by atoms with Crippen molar-refractivity contribution in [1.82, 2.24) is 10.2 Å². The summed E-state index contributed by atoms with van der Waals surface area (Å²) in [4.78, 5) is 15.9. The summed E-state index contributed by atoms with van der Waals surface area (Å²) < 4.78 is 29.6. The fourth-order valence-corrected chi connectivity index (χ4v) is 6.59. The van der Waals surface area contributed by atoms with Crippen molar-refractivity contribution in [2.24, 2.45) is 0 Å². The first-order chi connectivity index (χ1) is 17.2. The minimum atomic E-state index is -3.88. The molecule has 0 spiro atoms. The zero-order valence-corrected chi connectivity index (χ0v) is 23.4. The molecule has 2 N–H and O–H groups in total. The fourth-order valence-electron chi connectivity index (χ4n) is 4.89. The molecule has 1 heterocycles. The first-order valence-corrected chi connectivity index (χ1v) is 13.9. The molecule has 37 heavy (non-hydrogen) atoms. The van der Waals surface area contributed by atoms with Gasteiger partial charge in [-0.2, -0.15) is 0 Å². The molecule has 0 atom stereocenters. The highest BCUT2D eigenvalue weighted by molar-refractivity contribution is 7.92. The summed E-state index contributed by atoms with van der Waals surface area (Å²) in [6, 6.07) is 19.2. The second-order valence-electron chi connectivity index (χ2n) is 9.75. The predicted octanol–water partition coefficient (Wildman–Crippen LogP) is 2.12. The van der Waals surface area contributed by atoms with Crippen LogP contribution < -0.4 is 22.4 Å². The summed E-state index contributed by atoms with van der Waals surface area (Å²) in [6.07, 6.45) is 1.71. The van der Waals surface area contributed by atoms with E-state index in [9.17, 15) is 13.2 Å². The number of hydrogen-bond donors (Lipinski definition) is 2. The van der Waals surface area contributed by atoms with E-state index in [0.717, 1.165) is 54.7 Å². The van der Waals surface area contributed by atoms with E-state index in [1.807, 2.05) is 39.8 Å². The Balaban J connectivity index is 0.00000380. The van der Waals surface area contributed by atoms with Crippen LogP contribution in [0.4, 0.5) is 5.69 Å². The molecule has 3 aromatic rings. The van der Waals surface area contributed by atoms with E-state index in [-0.39, 0.29) is 34.9 Å². The molecule has 1 amide bonds. The smallest absolute Gasteiger partial charge is 0.262 e. The van der Waals surface area contributed by atoms with Crippen LogP contribution in [0.5, 0.6) is 0 Å². The molecule has 0 bridgehead atoms. The number of rotatable bonds is 7. The Morgan fingerprint density at radius 1 is 0.892 bits per heavy atom. The van der Waals surface area contributed by atoms with Gasteiger partial charge in [0.15, 0.2) is 0 Å². The third-order valence-corrected chi connectivity index (χ3v) is 8.79. The number of aryl methyl sites for hydroxylation is 2. The number of nitrogens with zero attached hydrogens (tertiary/aromatic N) is 1. The highest BCUT2D eigenvalue weighted by atomic mass is 35.5. The Labute approximate surface area is 226 Å². The standard InChI is InChI=1S/C29H35N3O3S.ClH/c1-20-18-21(2)23(4)28(22(20)3)36(34,35)31-27-13-9-8-12-26(27)29(33)30-25-14-16-32(17-15-25)19-24-10-6-5-7-11-24;/h5-13,18,25,31H,14-17,19H2,1-4H3,(H,30,33);1H/p-1. The minimum absolute atomic E-state index is 0. The van der Waals surface area contributed by atoms with Crippen LogP contribution in [0.15, 0.2) is 65.6 Å². The molecule has 1 aliphatic heterocycles. The van der Waals surface area contributed by atoms with Gasteiger partial charge in [-0.25, -0.2) is 8.42 Å². The van der Waals surface area contributed by atoms with Gasteiger partial charge in [0.1, 0.15) is 0 Å². The maximum Gasteiger partial charge on any atom is 0.262 e. The number of likely N-dealkylation sites (tertiary alicyclic amines) is 1. The first kappa shape index (κ1) is 28.7. The van der Waals surface area contributed by atoms with E-state index in [2.05, 4.69) is 39.2 Å². The lowest BCUT2D eigenvalue weighted by Gasteiger charge is -2.32. The monoisotopic (exact) mass is 540 g/mol. The molecule has 6 nitrogen and oxygen atoms in total.